The standard InChI is InChI=1S/C10H7ClIN/c1-6-4-10(11)13-9-3-2-7(12)5-8(6)9/h2-5H,1H3. The van der Waals surface area contributed by atoms with Crippen molar-refractivity contribution in [3.63, 3.8) is 0 Å². The quantitative estimate of drug-likeness (QED) is 0.533. The van der Waals surface area contributed by atoms with Crippen LogP contribution < -0.4 is 0 Å². The lowest BCUT2D eigenvalue weighted by atomic mass is 10.1. The van der Waals surface area contributed by atoms with Crippen LogP contribution in [0.2, 0.25) is 5.15 Å². The maximum atomic E-state index is 5.85. The summed E-state index contributed by atoms with van der Waals surface area (Å²) >= 11 is 8.14. The minimum absolute atomic E-state index is 0.561. The number of nitrogens with zero attached hydrogens (tertiary/aromatic N) is 1. The highest BCUT2D eigenvalue weighted by Gasteiger charge is 2.01. The first-order chi connectivity index (χ1) is 6.16. The number of hydrogen-bond donors (Lipinski definition) is 0. The zero-order valence-electron chi connectivity index (χ0n) is 7.01. The first-order valence-corrected chi connectivity index (χ1v) is 5.35. The minimum atomic E-state index is 0.561. The summed E-state index contributed by atoms with van der Waals surface area (Å²) in [5.41, 5.74) is 2.14. The normalized spacial score (nSPS) is 10.7. The van der Waals surface area contributed by atoms with Crippen LogP contribution in [-0.2, 0) is 0 Å². The predicted molar refractivity (Wildman–Crippen MR) is 64.2 cm³/mol. The van der Waals surface area contributed by atoms with Crippen molar-refractivity contribution in [2.45, 2.75) is 6.92 Å². The van der Waals surface area contributed by atoms with E-state index >= 15 is 0 Å². The zero-order chi connectivity index (χ0) is 9.42. The first kappa shape index (κ1) is 9.21. The monoisotopic (exact) mass is 303 g/mol. The minimum Gasteiger partial charge on any atom is -0.236 e. The van der Waals surface area contributed by atoms with Crippen molar-refractivity contribution < 1.29 is 0 Å². The number of halogens is 2. The van der Waals surface area contributed by atoms with Gasteiger partial charge in [-0.2, -0.15) is 0 Å². The molecule has 0 spiro atoms. The molecule has 0 aliphatic rings. The molecule has 0 aliphatic carbocycles. The molecule has 0 radical (unpaired) electrons. The maximum absolute atomic E-state index is 5.85. The molecule has 0 saturated carbocycles. The first-order valence-electron chi connectivity index (χ1n) is 3.89. The van der Waals surface area contributed by atoms with Crippen molar-refractivity contribution in [1.29, 1.82) is 0 Å². The van der Waals surface area contributed by atoms with Gasteiger partial charge in [-0.05, 0) is 59.3 Å². The molecule has 0 amide bonds. The van der Waals surface area contributed by atoms with Gasteiger partial charge < -0.3 is 0 Å². The fourth-order valence-corrected chi connectivity index (χ4v) is 2.07. The van der Waals surface area contributed by atoms with Crippen molar-refractivity contribution in [2.24, 2.45) is 0 Å². The molecule has 0 N–H and O–H groups in total. The summed E-state index contributed by atoms with van der Waals surface area (Å²) in [7, 11) is 0. The van der Waals surface area contributed by atoms with E-state index in [-0.39, 0.29) is 0 Å². The Balaban J connectivity index is 2.87. The van der Waals surface area contributed by atoms with E-state index in [1.807, 2.05) is 25.1 Å². The van der Waals surface area contributed by atoms with Crippen LogP contribution in [0.4, 0.5) is 0 Å². The number of pyridine rings is 1. The van der Waals surface area contributed by atoms with Crippen LogP contribution in [0.3, 0.4) is 0 Å². The highest BCUT2D eigenvalue weighted by atomic mass is 127. The van der Waals surface area contributed by atoms with Gasteiger partial charge in [-0.15, -0.1) is 0 Å². The van der Waals surface area contributed by atoms with Gasteiger partial charge in [0.1, 0.15) is 5.15 Å². The summed E-state index contributed by atoms with van der Waals surface area (Å²) in [6.45, 7) is 2.05. The molecule has 0 atom stereocenters. The highest BCUT2D eigenvalue weighted by molar-refractivity contribution is 14.1. The molecule has 1 nitrogen and oxygen atoms in total. The molecule has 2 aromatic rings. The second-order valence-electron chi connectivity index (χ2n) is 2.92. The van der Waals surface area contributed by atoms with Crippen molar-refractivity contribution in [3.05, 3.63) is 38.6 Å². The SMILES string of the molecule is Cc1cc(Cl)nc2ccc(I)cc12. The van der Waals surface area contributed by atoms with Gasteiger partial charge in [0, 0.05) is 8.96 Å². The average Bonchev–Trinajstić information content (AvgIpc) is 2.06. The van der Waals surface area contributed by atoms with E-state index in [1.165, 1.54) is 14.5 Å². The van der Waals surface area contributed by atoms with Crippen LogP contribution in [-0.4, -0.2) is 4.98 Å². The van der Waals surface area contributed by atoms with Crippen molar-refractivity contribution >= 4 is 45.1 Å². The molecular formula is C10H7ClIN. The van der Waals surface area contributed by atoms with Gasteiger partial charge in [0.15, 0.2) is 0 Å². The van der Waals surface area contributed by atoms with Gasteiger partial charge in [0.2, 0.25) is 0 Å². The maximum Gasteiger partial charge on any atom is 0.130 e. The predicted octanol–water partition coefficient (Wildman–Crippen LogP) is 3.80. The van der Waals surface area contributed by atoms with Crippen LogP contribution in [0.15, 0.2) is 24.3 Å². The molecule has 0 bridgehead atoms. The number of fused-ring (bicyclic) bond motifs is 1. The second kappa shape index (κ2) is 3.42. The Hall–Kier alpha value is -0.350. The molecule has 0 saturated heterocycles. The molecule has 0 aliphatic heterocycles. The number of aromatic nitrogens is 1. The second-order valence-corrected chi connectivity index (χ2v) is 4.56. The molecule has 3 heteroatoms. The third-order valence-corrected chi connectivity index (χ3v) is 2.81. The lowest BCUT2D eigenvalue weighted by Crippen LogP contribution is -1.84. The third kappa shape index (κ3) is 1.79. The summed E-state index contributed by atoms with van der Waals surface area (Å²) in [5, 5.41) is 1.74. The lowest BCUT2D eigenvalue weighted by Gasteiger charge is -2.02. The van der Waals surface area contributed by atoms with E-state index in [9.17, 15) is 0 Å². The molecule has 66 valence electrons. The molecule has 1 aromatic carbocycles. The van der Waals surface area contributed by atoms with Gasteiger partial charge in [0.05, 0.1) is 5.52 Å². The largest absolute Gasteiger partial charge is 0.236 e. The Bertz CT molecular complexity index is 468. The molecule has 13 heavy (non-hydrogen) atoms. The van der Waals surface area contributed by atoms with E-state index < -0.39 is 0 Å². The Kier molecular flexibility index (Phi) is 2.43. The number of aryl methyl sites for hydroxylation is 1. The Morgan fingerprint density at radius 2 is 2.08 bits per heavy atom. The number of hydrogen-bond acceptors (Lipinski definition) is 1. The molecular weight excluding hydrogens is 296 g/mol. The van der Waals surface area contributed by atoms with Crippen molar-refractivity contribution in [3.8, 4) is 0 Å². The Morgan fingerprint density at radius 3 is 2.85 bits per heavy atom. The highest BCUT2D eigenvalue weighted by Crippen LogP contribution is 2.21. The average molecular weight is 304 g/mol. The van der Waals surface area contributed by atoms with E-state index in [2.05, 4.69) is 33.6 Å². The van der Waals surface area contributed by atoms with E-state index in [0.717, 1.165) is 5.52 Å². The molecule has 0 unspecified atom stereocenters. The van der Waals surface area contributed by atoms with E-state index in [4.69, 9.17) is 11.6 Å². The van der Waals surface area contributed by atoms with Crippen LogP contribution in [0.5, 0.6) is 0 Å². The fourth-order valence-electron chi connectivity index (χ4n) is 1.33. The van der Waals surface area contributed by atoms with E-state index in [0.29, 0.717) is 5.15 Å². The fraction of sp³-hybridized carbons (Fsp3) is 0.100. The van der Waals surface area contributed by atoms with E-state index in [1.54, 1.807) is 0 Å². The zero-order valence-corrected chi connectivity index (χ0v) is 9.93. The van der Waals surface area contributed by atoms with Gasteiger partial charge in [-0.25, -0.2) is 4.98 Å². The summed E-state index contributed by atoms with van der Waals surface area (Å²) in [5.74, 6) is 0. The van der Waals surface area contributed by atoms with Crippen molar-refractivity contribution in [2.75, 3.05) is 0 Å². The van der Waals surface area contributed by atoms with Crippen molar-refractivity contribution in [1.82, 2.24) is 4.98 Å². The molecule has 2 rings (SSSR count). The number of benzene rings is 1. The Morgan fingerprint density at radius 1 is 1.31 bits per heavy atom. The van der Waals surface area contributed by atoms with Crippen LogP contribution in [0.1, 0.15) is 5.56 Å². The van der Waals surface area contributed by atoms with Gasteiger partial charge >= 0.3 is 0 Å². The summed E-state index contributed by atoms with van der Waals surface area (Å²) in [6, 6.07) is 8.04. The molecule has 0 fully saturated rings. The van der Waals surface area contributed by atoms with Crippen LogP contribution in [0.25, 0.3) is 10.9 Å². The smallest absolute Gasteiger partial charge is 0.130 e. The molecule has 1 heterocycles. The van der Waals surface area contributed by atoms with Crippen LogP contribution >= 0.6 is 34.2 Å². The number of rotatable bonds is 0. The van der Waals surface area contributed by atoms with Gasteiger partial charge in [-0.1, -0.05) is 11.6 Å². The van der Waals surface area contributed by atoms with Gasteiger partial charge in [0.25, 0.3) is 0 Å². The topological polar surface area (TPSA) is 12.9 Å². The van der Waals surface area contributed by atoms with Crippen LogP contribution in [0, 0.1) is 10.5 Å². The summed E-state index contributed by atoms with van der Waals surface area (Å²) < 4.78 is 1.22. The Labute approximate surface area is 95.3 Å². The summed E-state index contributed by atoms with van der Waals surface area (Å²) in [6.07, 6.45) is 0. The van der Waals surface area contributed by atoms with Gasteiger partial charge in [-0.3, -0.25) is 0 Å². The lowest BCUT2D eigenvalue weighted by molar-refractivity contribution is 1.36. The third-order valence-electron chi connectivity index (χ3n) is 1.95. The summed E-state index contributed by atoms with van der Waals surface area (Å²) in [4.78, 5) is 4.24. The molecule has 1 aromatic heterocycles.